The molecule has 1 aromatic heterocycles. The Morgan fingerprint density at radius 2 is 1.82 bits per heavy atom. The number of pyridine rings is 1. The lowest BCUT2D eigenvalue weighted by Gasteiger charge is -2.07. The van der Waals surface area contributed by atoms with Gasteiger partial charge in [0.1, 0.15) is 12.4 Å². The molecule has 17 heavy (non-hydrogen) atoms. The predicted molar refractivity (Wildman–Crippen MR) is 67.6 cm³/mol. The van der Waals surface area contributed by atoms with Crippen molar-refractivity contribution >= 4 is 0 Å². The summed E-state index contributed by atoms with van der Waals surface area (Å²) < 4.78 is 5.67. The molecule has 3 nitrogen and oxygen atoms in total. The summed E-state index contributed by atoms with van der Waals surface area (Å²) in [6.07, 6.45) is 3.57. The van der Waals surface area contributed by atoms with Gasteiger partial charge < -0.3 is 10.5 Å². The summed E-state index contributed by atoms with van der Waals surface area (Å²) in [7, 11) is 0. The predicted octanol–water partition coefficient (Wildman–Crippen LogP) is 2.43. The SMILES string of the molecule is Cc1ccc(OCc2cncc(CN)c2)cc1. The van der Waals surface area contributed by atoms with Crippen LogP contribution in [0.5, 0.6) is 5.75 Å². The summed E-state index contributed by atoms with van der Waals surface area (Å²) in [5.41, 5.74) is 8.85. The normalized spacial score (nSPS) is 10.2. The van der Waals surface area contributed by atoms with Gasteiger partial charge in [-0.3, -0.25) is 4.98 Å². The van der Waals surface area contributed by atoms with Gasteiger partial charge in [-0.15, -0.1) is 0 Å². The molecule has 0 saturated carbocycles. The molecule has 88 valence electrons. The van der Waals surface area contributed by atoms with Crippen LogP contribution in [0.3, 0.4) is 0 Å². The quantitative estimate of drug-likeness (QED) is 0.874. The zero-order valence-corrected chi connectivity index (χ0v) is 9.89. The van der Waals surface area contributed by atoms with Crippen molar-refractivity contribution in [3.8, 4) is 5.75 Å². The zero-order valence-electron chi connectivity index (χ0n) is 9.89. The van der Waals surface area contributed by atoms with E-state index in [1.54, 1.807) is 12.4 Å². The standard InChI is InChI=1S/C14H16N2O/c1-11-2-4-14(5-3-11)17-10-13-6-12(7-15)8-16-9-13/h2-6,8-9H,7,10,15H2,1H3. The summed E-state index contributed by atoms with van der Waals surface area (Å²) in [6, 6.07) is 10.0. The Hall–Kier alpha value is -1.87. The molecule has 0 atom stereocenters. The zero-order chi connectivity index (χ0) is 12.1. The highest BCUT2D eigenvalue weighted by atomic mass is 16.5. The summed E-state index contributed by atoms with van der Waals surface area (Å²) in [4.78, 5) is 4.12. The lowest BCUT2D eigenvalue weighted by molar-refractivity contribution is 0.305. The number of aryl methyl sites for hydroxylation is 1. The second-order valence-corrected chi connectivity index (χ2v) is 4.01. The van der Waals surface area contributed by atoms with E-state index in [2.05, 4.69) is 11.9 Å². The van der Waals surface area contributed by atoms with Gasteiger partial charge in [-0.25, -0.2) is 0 Å². The summed E-state index contributed by atoms with van der Waals surface area (Å²) in [5.74, 6) is 0.869. The molecule has 0 aliphatic rings. The van der Waals surface area contributed by atoms with E-state index in [4.69, 9.17) is 10.5 Å². The molecule has 0 amide bonds. The fourth-order valence-electron chi connectivity index (χ4n) is 1.53. The largest absolute Gasteiger partial charge is 0.489 e. The summed E-state index contributed by atoms with van der Waals surface area (Å²) in [5, 5.41) is 0. The van der Waals surface area contributed by atoms with Crippen molar-refractivity contribution < 1.29 is 4.74 Å². The lowest BCUT2D eigenvalue weighted by atomic mass is 10.2. The highest BCUT2D eigenvalue weighted by molar-refractivity contribution is 5.27. The molecule has 0 saturated heterocycles. The van der Waals surface area contributed by atoms with Crippen LogP contribution in [0.2, 0.25) is 0 Å². The monoisotopic (exact) mass is 228 g/mol. The molecule has 0 unspecified atom stereocenters. The Bertz CT molecular complexity index is 480. The number of ether oxygens (including phenoxy) is 1. The second kappa shape index (κ2) is 5.46. The van der Waals surface area contributed by atoms with Crippen molar-refractivity contribution in [3.05, 3.63) is 59.4 Å². The van der Waals surface area contributed by atoms with Crippen molar-refractivity contribution in [3.63, 3.8) is 0 Å². The molecule has 3 heteroatoms. The van der Waals surface area contributed by atoms with E-state index >= 15 is 0 Å². The van der Waals surface area contributed by atoms with Crippen LogP contribution in [0.4, 0.5) is 0 Å². The highest BCUT2D eigenvalue weighted by Gasteiger charge is 1.98. The van der Waals surface area contributed by atoms with Gasteiger partial charge in [0, 0.05) is 24.5 Å². The fraction of sp³-hybridized carbons (Fsp3) is 0.214. The number of hydrogen-bond donors (Lipinski definition) is 1. The van der Waals surface area contributed by atoms with Gasteiger partial charge in [0.15, 0.2) is 0 Å². The maximum atomic E-state index is 5.67. The number of nitrogens with zero attached hydrogens (tertiary/aromatic N) is 1. The van der Waals surface area contributed by atoms with E-state index in [1.165, 1.54) is 5.56 Å². The number of nitrogens with two attached hydrogens (primary N) is 1. The molecule has 0 spiro atoms. The average Bonchev–Trinajstić information content (AvgIpc) is 2.38. The van der Waals surface area contributed by atoms with Crippen molar-refractivity contribution in [2.75, 3.05) is 0 Å². The van der Waals surface area contributed by atoms with Crippen molar-refractivity contribution in [2.24, 2.45) is 5.73 Å². The van der Waals surface area contributed by atoms with Crippen LogP contribution in [0, 0.1) is 6.92 Å². The van der Waals surface area contributed by atoms with Crippen molar-refractivity contribution in [1.29, 1.82) is 0 Å². The van der Waals surface area contributed by atoms with E-state index in [0.717, 1.165) is 16.9 Å². The van der Waals surface area contributed by atoms with Gasteiger partial charge in [0.25, 0.3) is 0 Å². The summed E-state index contributed by atoms with van der Waals surface area (Å²) >= 11 is 0. The first-order valence-corrected chi connectivity index (χ1v) is 5.60. The highest BCUT2D eigenvalue weighted by Crippen LogP contribution is 2.13. The Morgan fingerprint density at radius 1 is 1.12 bits per heavy atom. The molecule has 1 aromatic carbocycles. The van der Waals surface area contributed by atoms with Gasteiger partial charge in [0.2, 0.25) is 0 Å². The number of rotatable bonds is 4. The molecule has 0 bridgehead atoms. The number of hydrogen-bond acceptors (Lipinski definition) is 3. The van der Waals surface area contributed by atoms with Crippen LogP contribution in [-0.2, 0) is 13.2 Å². The molecular formula is C14H16N2O. The topological polar surface area (TPSA) is 48.1 Å². The minimum atomic E-state index is 0.505. The molecule has 0 aliphatic carbocycles. The lowest BCUT2D eigenvalue weighted by Crippen LogP contribution is -2.01. The molecule has 0 aliphatic heterocycles. The second-order valence-electron chi connectivity index (χ2n) is 4.01. The molecule has 2 rings (SSSR count). The smallest absolute Gasteiger partial charge is 0.119 e. The first kappa shape index (κ1) is 11.6. The van der Waals surface area contributed by atoms with Crippen molar-refractivity contribution in [1.82, 2.24) is 4.98 Å². The molecule has 0 fully saturated rings. The van der Waals surface area contributed by atoms with Gasteiger partial charge in [-0.1, -0.05) is 17.7 Å². The first-order valence-electron chi connectivity index (χ1n) is 5.60. The van der Waals surface area contributed by atoms with Crippen LogP contribution in [0.1, 0.15) is 16.7 Å². The third kappa shape index (κ3) is 3.29. The Kier molecular flexibility index (Phi) is 3.73. The van der Waals surface area contributed by atoms with Gasteiger partial charge in [0.05, 0.1) is 0 Å². The van der Waals surface area contributed by atoms with E-state index in [9.17, 15) is 0 Å². The first-order chi connectivity index (χ1) is 8.28. The fourth-order valence-corrected chi connectivity index (χ4v) is 1.53. The van der Waals surface area contributed by atoms with Crippen LogP contribution in [0.15, 0.2) is 42.7 Å². The van der Waals surface area contributed by atoms with E-state index in [0.29, 0.717) is 13.2 Å². The van der Waals surface area contributed by atoms with Crippen LogP contribution in [0.25, 0.3) is 0 Å². The van der Waals surface area contributed by atoms with Gasteiger partial charge in [-0.05, 0) is 30.7 Å². The molecule has 2 N–H and O–H groups in total. The average molecular weight is 228 g/mol. The molecule has 1 heterocycles. The minimum Gasteiger partial charge on any atom is -0.489 e. The van der Waals surface area contributed by atoms with Gasteiger partial charge >= 0.3 is 0 Å². The number of benzene rings is 1. The Balaban J connectivity index is 1.99. The third-order valence-electron chi connectivity index (χ3n) is 2.51. The third-order valence-corrected chi connectivity index (χ3v) is 2.51. The Morgan fingerprint density at radius 3 is 2.53 bits per heavy atom. The van der Waals surface area contributed by atoms with Crippen LogP contribution >= 0.6 is 0 Å². The molecule has 2 aromatic rings. The van der Waals surface area contributed by atoms with E-state index in [1.807, 2.05) is 30.3 Å². The Labute approximate surface area is 101 Å². The van der Waals surface area contributed by atoms with Crippen molar-refractivity contribution in [2.45, 2.75) is 20.1 Å². The maximum Gasteiger partial charge on any atom is 0.119 e. The summed E-state index contributed by atoms with van der Waals surface area (Å²) in [6.45, 7) is 3.08. The number of aromatic nitrogens is 1. The van der Waals surface area contributed by atoms with Crippen LogP contribution < -0.4 is 10.5 Å². The van der Waals surface area contributed by atoms with E-state index in [-0.39, 0.29) is 0 Å². The molecular weight excluding hydrogens is 212 g/mol. The van der Waals surface area contributed by atoms with Crippen LogP contribution in [-0.4, -0.2) is 4.98 Å². The minimum absolute atomic E-state index is 0.505. The maximum absolute atomic E-state index is 5.67. The molecule has 0 radical (unpaired) electrons. The van der Waals surface area contributed by atoms with E-state index < -0.39 is 0 Å². The van der Waals surface area contributed by atoms with Gasteiger partial charge in [-0.2, -0.15) is 0 Å².